The molecule has 0 bridgehead atoms. The lowest BCUT2D eigenvalue weighted by Gasteiger charge is -2.15. The minimum Gasteiger partial charge on any atom is -0.389 e. The molecule has 5 heteroatoms. The fourth-order valence-electron chi connectivity index (χ4n) is 1.86. The molecule has 0 saturated carbocycles. The van der Waals surface area contributed by atoms with Crippen molar-refractivity contribution in [3.8, 4) is 0 Å². The van der Waals surface area contributed by atoms with Gasteiger partial charge in [-0.1, -0.05) is 36.8 Å². The Hall–Kier alpha value is -1.59. The Morgan fingerprint density at radius 1 is 1.35 bits per heavy atom. The van der Waals surface area contributed by atoms with Crippen LogP contribution in [0.4, 0.5) is 4.79 Å². The SMILES string of the molecule is COCC(O)CNC(=O)NCC(C)c1cccc(C)c1. The summed E-state index contributed by atoms with van der Waals surface area (Å²) in [7, 11) is 1.51. The Morgan fingerprint density at radius 3 is 2.70 bits per heavy atom. The first-order valence-electron chi connectivity index (χ1n) is 6.78. The van der Waals surface area contributed by atoms with Crippen LogP contribution in [0.5, 0.6) is 0 Å². The van der Waals surface area contributed by atoms with E-state index in [1.165, 1.54) is 18.2 Å². The van der Waals surface area contributed by atoms with Crippen LogP contribution in [0.25, 0.3) is 0 Å². The van der Waals surface area contributed by atoms with Crippen LogP contribution in [-0.4, -0.2) is 44.0 Å². The number of carbonyl (C=O) groups excluding carboxylic acids is 1. The maximum atomic E-state index is 11.6. The number of benzene rings is 1. The predicted octanol–water partition coefficient (Wildman–Crippen LogP) is 1.41. The lowest BCUT2D eigenvalue weighted by Crippen LogP contribution is -2.42. The van der Waals surface area contributed by atoms with Gasteiger partial charge in [-0.3, -0.25) is 0 Å². The average Bonchev–Trinajstić information content (AvgIpc) is 2.43. The van der Waals surface area contributed by atoms with E-state index in [0.29, 0.717) is 6.54 Å². The second kappa shape index (κ2) is 8.55. The monoisotopic (exact) mass is 280 g/mol. The summed E-state index contributed by atoms with van der Waals surface area (Å²) in [6, 6.07) is 7.96. The highest BCUT2D eigenvalue weighted by atomic mass is 16.5. The number of hydrogen-bond acceptors (Lipinski definition) is 3. The normalized spacial score (nSPS) is 13.6. The van der Waals surface area contributed by atoms with Crippen molar-refractivity contribution >= 4 is 6.03 Å². The van der Waals surface area contributed by atoms with Crippen LogP contribution in [0.15, 0.2) is 24.3 Å². The maximum absolute atomic E-state index is 11.6. The van der Waals surface area contributed by atoms with Gasteiger partial charge in [0.2, 0.25) is 0 Å². The first-order chi connectivity index (χ1) is 9.52. The van der Waals surface area contributed by atoms with Crippen LogP contribution in [0.3, 0.4) is 0 Å². The maximum Gasteiger partial charge on any atom is 0.314 e. The zero-order valence-electron chi connectivity index (χ0n) is 12.3. The average molecular weight is 280 g/mol. The van der Waals surface area contributed by atoms with E-state index in [1.54, 1.807) is 0 Å². The molecule has 0 aliphatic rings. The molecule has 1 aromatic carbocycles. The molecule has 112 valence electrons. The number of nitrogens with one attached hydrogen (secondary N) is 2. The second-order valence-electron chi connectivity index (χ2n) is 5.02. The third-order valence-corrected chi connectivity index (χ3v) is 3.04. The van der Waals surface area contributed by atoms with Crippen molar-refractivity contribution in [2.75, 3.05) is 26.8 Å². The minimum atomic E-state index is -0.681. The van der Waals surface area contributed by atoms with E-state index in [0.717, 1.165) is 0 Å². The number of aryl methyl sites for hydroxylation is 1. The molecule has 2 atom stereocenters. The Bertz CT molecular complexity index is 423. The smallest absolute Gasteiger partial charge is 0.314 e. The molecule has 0 spiro atoms. The van der Waals surface area contributed by atoms with Crippen LogP contribution in [0.2, 0.25) is 0 Å². The molecule has 0 aliphatic heterocycles. The van der Waals surface area contributed by atoms with Gasteiger partial charge in [0.1, 0.15) is 0 Å². The van der Waals surface area contributed by atoms with Crippen molar-refractivity contribution < 1.29 is 14.6 Å². The number of methoxy groups -OCH3 is 1. The zero-order valence-corrected chi connectivity index (χ0v) is 12.3. The van der Waals surface area contributed by atoms with Crippen molar-refractivity contribution in [2.24, 2.45) is 0 Å². The number of amides is 2. The molecule has 1 rings (SSSR count). The second-order valence-corrected chi connectivity index (χ2v) is 5.02. The molecule has 0 aliphatic carbocycles. The van der Waals surface area contributed by atoms with Crippen molar-refractivity contribution in [1.82, 2.24) is 10.6 Å². The fraction of sp³-hybridized carbons (Fsp3) is 0.533. The molecule has 20 heavy (non-hydrogen) atoms. The molecular weight excluding hydrogens is 256 g/mol. The molecule has 5 nitrogen and oxygen atoms in total. The van der Waals surface area contributed by atoms with Crippen LogP contribution < -0.4 is 10.6 Å². The van der Waals surface area contributed by atoms with E-state index < -0.39 is 6.10 Å². The molecular formula is C15H24N2O3. The number of urea groups is 1. The minimum absolute atomic E-state index is 0.179. The van der Waals surface area contributed by atoms with E-state index in [2.05, 4.69) is 29.7 Å². The van der Waals surface area contributed by atoms with E-state index in [9.17, 15) is 9.90 Å². The van der Waals surface area contributed by atoms with E-state index in [1.807, 2.05) is 19.1 Å². The Labute approximate surface area is 120 Å². The lowest BCUT2D eigenvalue weighted by atomic mass is 9.99. The summed E-state index contributed by atoms with van der Waals surface area (Å²) in [5.74, 6) is 0.240. The molecule has 2 unspecified atom stereocenters. The topological polar surface area (TPSA) is 70.6 Å². The highest BCUT2D eigenvalue weighted by Gasteiger charge is 2.09. The van der Waals surface area contributed by atoms with Crippen molar-refractivity contribution in [3.05, 3.63) is 35.4 Å². The summed E-state index contributed by atoms with van der Waals surface area (Å²) in [6.07, 6.45) is -0.681. The van der Waals surface area contributed by atoms with Crippen molar-refractivity contribution in [3.63, 3.8) is 0 Å². The molecule has 0 aromatic heterocycles. The summed E-state index contributed by atoms with van der Waals surface area (Å²) in [6.45, 7) is 5.05. The number of aliphatic hydroxyl groups is 1. The van der Waals surface area contributed by atoms with Gasteiger partial charge in [0, 0.05) is 20.2 Å². The van der Waals surface area contributed by atoms with Crippen LogP contribution in [0, 0.1) is 6.92 Å². The highest BCUT2D eigenvalue weighted by Crippen LogP contribution is 2.15. The van der Waals surface area contributed by atoms with Gasteiger partial charge in [0.15, 0.2) is 0 Å². The molecule has 0 heterocycles. The zero-order chi connectivity index (χ0) is 15.0. The summed E-state index contributed by atoms with van der Waals surface area (Å²) in [5, 5.41) is 14.8. The standard InChI is InChI=1S/C15H24N2O3/c1-11-5-4-6-13(7-11)12(2)8-16-15(19)17-9-14(18)10-20-3/h4-7,12,14,18H,8-10H2,1-3H3,(H2,16,17,19). The lowest BCUT2D eigenvalue weighted by molar-refractivity contribution is 0.0660. The van der Waals surface area contributed by atoms with Gasteiger partial charge in [0.05, 0.1) is 12.7 Å². The third kappa shape index (κ3) is 6.04. The van der Waals surface area contributed by atoms with Gasteiger partial charge in [0.25, 0.3) is 0 Å². The number of rotatable bonds is 7. The van der Waals surface area contributed by atoms with Crippen LogP contribution in [-0.2, 0) is 4.74 Å². The van der Waals surface area contributed by atoms with E-state index in [4.69, 9.17) is 4.74 Å². The van der Waals surface area contributed by atoms with Gasteiger partial charge < -0.3 is 20.5 Å². The Morgan fingerprint density at radius 2 is 2.05 bits per heavy atom. The highest BCUT2D eigenvalue weighted by molar-refractivity contribution is 5.73. The Kier molecular flexibility index (Phi) is 7.04. The number of aliphatic hydroxyl groups excluding tert-OH is 1. The van der Waals surface area contributed by atoms with E-state index >= 15 is 0 Å². The molecule has 0 saturated heterocycles. The quantitative estimate of drug-likeness (QED) is 0.707. The van der Waals surface area contributed by atoms with Gasteiger partial charge in [-0.05, 0) is 18.4 Å². The first-order valence-corrected chi connectivity index (χ1v) is 6.78. The summed E-state index contributed by atoms with van der Waals surface area (Å²) in [4.78, 5) is 11.6. The van der Waals surface area contributed by atoms with E-state index in [-0.39, 0.29) is 25.1 Å². The number of ether oxygens (including phenoxy) is 1. The predicted molar refractivity (Wildman–Crippen MR) is 78.9 cm³/mol. The molecule has 0 fully saturated rings. The number of hydrogen-bond donors (Lipinski definition) is 3. The largest absolute Gasteiger partial charge is 0.389 e. The van der Waals surface area contributed by atoms with Gasteiger partial charge in [-0.2, -0.15) is 0 Å². The Balaban J connectivity index is 2.30. The first kappa shape index (κ1) is 16.5. The summed E-state index contributed by atoms with van der Waals surface area (Å²) in [5.41, 5.74) is 2.41. The fourth-order valence-corrected chi connectivity index (χ4v) is 1.86. The molecule has 0 radical (unpaired) electrons. The van der Waals surface area contributed by atoms with Gasteiger partial charge >= 0.3 is 6.03 Å². The molecule has 2 amide bonds. The summed E-state index contributed by atoms with van der Waals surface area (Å²) >= 11 is 0. The van der Waals surface area contributed by atoms with Gasteiger partial charge in [-0.25, -0.2) is 4.79 Å². The van der Waals surface area contributed by atoms with Crippen LogP contribution >= 0.6 is 0 Å². The van der Waals surface area contributed by atoms with Gasteiger partial charge in [-0.15, -0.1) is 0 Å². The van der Waals surface area contributed by atoms with Crippen molar-refractivity contribution in [2.45, 2.75) is 25.9 Å². The van der Waals surface area contributed by atoms with Crippen LogP contribution in [0.1, 0.15) is 24.0 Å². The third-order valence-electron chi connectivity index (χ3n) is 3.04. The molecule has 3 N–H and O–H groups in total. The van der Waals surface area contributed by atoms with Crippen molar-refractivity contribution in [1.29, 1.82) is 0 Å². The summed E-state index contributed by atoms with van der Waals surface area (Å²) < 4.78 is 4.78. The molecule has 1 aromatic rings. The number of carbonyl (C=O) groups is 1.